The highest BCUT2D eigenvalue weighted by Crippen LogP contribution is 2.28. The van der Waals surface area contributed by atoms with E-state index in [1.54, 1.807) is 12.4 Å². The molecule has 1 aliphatic rings. The van der Waals surface area contributed by atoms with E-state index in [1.165, 1.54) is 4.68 Å². The van der Waals surface area contributed by atoms with Crippen LogP contribution in [-0.2, 0) is 17.8 Å². The van der Waals surface area contributed by atoms with Crippen LogP contribution < -0.4 is 0 Å². The number of carbonyl (C=O) groups is 1. The summed E-state index contributed by atoms with van der Waals surface area (Å²) in [5.74, 6) is -0.905. The van der Waals surface area contributed by atoms with Crippen molar-refractivity contribution in [3.05, 3.63) is 41.9 Å². The van der Waals surface area contributed by atoms with Crippen LogP contribution in [-0.4, -0.2) is 25.8 Å². The average Bonchev–Trinajstić information content (AvgIpc) is 2.64. The number of hydrogen-bond donors (Lipinski definition) is 1. The van der Waals surface area contributed by atoms with E-state index in [0.717, 1.165) is 28.9 Å². The summed E-state index contributed by atoms with van der Waals surface area (Å²) in [6.45, 7) is -0.136. The first kappa shape index (κ1) is 10.7. The Labute approximate surface area is 103 Å². The van der Waals surface area contributed by atoms with Crippen LogP contribution in [0.5, 0.6) is 0 Å². The summed E-state index contributed by atoms with van der Waals surface area (Å²) in [4.78, 5) is 15.1. The molecule has 0 saturated heterocycles. The second-order valence-electron chi connectivity index (χ2n) is 4.14. The number of allylic oxidation sites excluding steroid dienone is 1. The average molecular weight is 241 g/mol. The first-order chi connectivity index (χ1) is 8.74. The summed E-state index contributed by atoms with van der Waals surface area (Å²) >= 11 is 0. The fourth-order valence-electron chi connectivity index (χ4n) is 2.10. The molecule has 1 N–H and O–H groups in total. The van der Waals surface area contributed by atoms with Crippen molar-refractivity contribution in [1.82, 2.24) is 14.8 Å². The number of nitrogens with zero attached hydrogens (tertiary/aromatic N) is 3. The van der Waals surface area contributed by atoms with Crippen LogP contribution >= 0.6 is 0 Å². The Bertz CT molecular complexity index is 643. The second kappa shape index (κ2) is 4.10. The van der Waals surface area contributed by atoms with Gasteiger partial charge in [0.05, 0.1) is 11.4 Å². The van der Waals surface area contributed by atoms with Crippen molar-refractivity contribution >= 4 is 12.0 Å². The predicted molar refractivity (Wildman–Crippen MR) is 65.8 cm³/mol. The first-order valence-electron chi connectivity index (χ1n) is 5.64. The zero-order valence-electron chi connectivity index (χ0n) is 9.58. The van der Waals surface area contributed by atoms with Crippen molar-refractivity contribution < 1.29 is 9.90 Å². The number of carboxylic acids is 1. The molecular formula is C13H11N3O2. The quantitative estimate of drug-likeness (QED) is 0.867. The molecular weight excluding hydrogens is 230 g/mol. The molecule has 0 spiro atoms. The number of pyridine rings is 1. The van der Waals surface area contributed by atoms with Crippen molar-refractivity contribution in [2.45, 2.75) is 13.0 Å². The fourth-order valence-corrected chi connectivity index (χ4v) is 2.10. The summed E-state index contributed by atoms with van der Waals surface area (Å²) in [6, 6.07) is 3.93. The molecule has 0 fully saturated rings. The first-order valence-corrected chi connectivity index (χ1v) is 5.64. The number of fused-ring (bicyclic) bond motifs is 3. The van der Waals surface area contributed by atoms with E-state index in [1.807, 2.05) is 24.3 Å². The van der Waals surface area contributed by atoms with Crippen LogP contribution in [0.1, 0.15) is 11.3 Å². The fraction of sp³-hybridized carbons (Fsp3) is 0.154. The van der Waals surface area contributed by atoms with Gasteiger partial charge in [0.2, 0.25) is 0 Å². The van der Waals surface area contributed by atoms with E-state index in [2.05, 4.69) is 10.1 Å². The van der Waals surface area contributed by atoms with Gasteiger partial charge in [0.1, 0.15) is 6.54 Å². The van der Waals surface area contributed by atoms with Gasteiger partial charge in [0.15, 0.2) is 0 Å². The molecule has 0 radical (unpaired) electrons. The summed E-state index contributed by atoms with van der Waals surface area (Å²) in [6.07, 6.45) is 8.23. The standard InChI is InChI=1S/C13H11N3O2/c17-12(18)8-16-7-10-11(15-16)5-1-3-9-4-2-6-14-13(9)10/h1-2,4-7H,3,8H2,(H,17,18). The van der Waals surface area contributed by atoms with Crippen LogP contribution in [0.25, 0.3) is 17.3 Å². The Hall–Kier alpha value is -2.43. The molecule has 2 aromatic rings. The van der Waals surface area contributed by atoms with Crippen molar-refractivity contribution in [1.29, 1.82) is 0 Å². The lowest BCUT2D eigenvalue weighted by Gasteiger charge is -2.02. The van der Waals surface area contributed by atoms with E-state index in [9.17, 15) is 4.79 Å². The SMILES string of the molecule is O=C(O)Cn1cc2c(n1)C=CCc1cccnc1-2. The smallest absolute Gasteiger partial charge is 0.325 e. The zero-order chi connectivity index (χ0) is 12.5. The molecule has 0 atom stereocenters. The van der Waals surface area contributed by atoms with Gasteiger partial charge < -0.3 is 5.11 Å². The van der Waals surface area contributed by atoms with Gasteiger partial charge in [-0.15, -0.1) is 0 Å². The maximum absolute atomic E-state index is 10.7. The summed E-state index contributed by atoms with van der Waals surface area (Å²) in [5, 5.41) is 13.0. The topological polar surface area (TPSA) is 68.0 Å². The van der Waals surface area contributed by atoms with E-state index in [4.69, 9.17) is 5.11 Å². The molecule has 18 heavy (non-hydrogen) atoms. The summed E-state index contributed by atoms with van der Waals surface area (Å²) in [7, 11) is 0. The predicted octanol–water partition coefficient (Wildman–Crippen LogP) is 1.60. The van der Waals surface area contributed by atoms with Gasteiger partial charge >= 0.3 is 5.97 Å². The summed E-state index contributed by atoms with van der Waals surface area (Å²) in [5.41, 5.74) is 3.67. The van der Waals surface area contributed by atoms with Gasteiger partial charge in [-0.2, -0.15) is 5.10 Å². The molecule has 2 aromatic heterocycles. The van der Waals surface area contributed by atoms with Gasteiger partial charge in [-0.05, 0) is 24.1 Å². The second-order valence-corrected chi connectivity index (χ2v) is 4.14. The minimum absolute atomic E-state index is 0.136. The molecule has 3 rings (SSSR count). The highest BCUT2D eigenvalue weighted by Gasteiger charge is 2.16. The molecule has 0 aliphatic heterocycles. The van der Waals surface area contributed by atoms with E-state index < -0.39 is 5.97 Å². The number of carboxylic acid groups (broad SMARTS) is 1. The molecule has 5 heteroatoms. The number of aromatic nitrogens is 3. The van der Waals surface area contributed by atoms with Crippen molar-refractivity contribution in [3.63, 3.8) is 0 Å². The Morgan fingerprint density at radius 3 is 3.22 bits per heavy atom. The zero-order valence-corrected chi connectivity index (χ0v) is 9.58. The third kappa shape index (κ3) is 1.79. The number of hydrogen-bond acceptors (Lipinski definition) is 3. The maximum atomic E-state index is 10.7. The van der Waals surface area contributed by atoms with Crippen molar-refractivity contribution in [2.24, 2.45) is 0 Å². The van der Waals surface area contributed by atoms with Gasteiger partial charge in [0, 0.05) is 18.0 Å². The van der Waals surface area contributed by atoms with Gasteiger partial charge in [0.25, 0.3) is 0 Å². The Morgan fingerprint density at radius 1 is 1.50 bits per heavy atom. The Balaban J connectivity index is 2.13. The molecule has 0 amide bonds. The lowest BCUT2D eigenvalue weighted by atomic mass is 10.1. The highest BCUT2D eigenvalue weighted by atomic mass is 16.4. The maximum Gasteiger partial charge on any atom is 0.325 e. The highest BCUT2D eigenvalue weighted by molar-refractivity contribution is 5.75. The molecule has 2 heterocycles. The molecule has 90 valence electrons. The van der Waals surface area contributed by atoms with Gasteiger partial charge in [-0.3, -0.25) is 14.5 Å². The lowest BCUT2D eigenvalue weighted by Crippen LogP contribution is -2.09. The van der Waals surface area contributed by atoms with Gasteiger partial charge in [-0.25, -0.2) is 0 Å². The number of rotatable bonds is 2. The van der Waals surface area contributed by atoms with Crippen LogP contribution in [0.4, 0.5) is 0 Å². The molecule has 5 nitrogen and oxygen atoms in total. The minimum atomic E-state index is -0.905. The Morgan fingerprint density at radius 2 is 2.39 bits per heavy atom. The van der Waals surface area contributed by atoms with Crippen LogP contribution in [0.3, 0.4) is 0 Å². The molecule has 0 unspecified atom stereocenters. The van der Waals surface area contributed by atoms with E-state index in [-0.39, 0.29) is 6.54 Å². The monoisotopic (exact) mass is 241 g/mol. The third-order valence-electron chi connectivity index (χ3n) is 2.85. The van der Waals surface area contributed by atoms with E-state index >= 15 is 0 Å². The molecule has 1 aliphatic carbocycles. The minimum Gasteiger partial charge on any atom is -0.480 e. The number of aliphatic carboxylic acids is 1. The summed E-state index contributed by atoms with van der Waals surface area (Å²) < 4.78 is 1.43. The molecule has 0 bridgehead atoms. The normalized spacial score (nSPS) is 12.7. The van der Waals surface area contributed by atoms with Crippen LogP contribution in [0.15, 0.2) is 30.6 Å². The largest absolute Gasteiger partial charge is 0.480 e. The van der Waals surface area contributed by atoms with Gasteiger partial charge in [-0.1, -0.05) is 12.1 Å². The van der Waals surface area contributed by atoms with Crippen molar-refractivity contribution in [3.8, 4) is 11.3 Å². The van der Waals surface area contributed by atoms with Crippen LogP contribution in [0.2, 0.25) is 0 Å². The molecule has 0 saturated carbocycles. The van der Waals surface area contributed by atoms with Crippen molar-refractivity contribution in [2.75, 3.05) is 0 Å². The van der Waals surface area contributed by atoms with Crippen LogP contribution in [0, 0.1) is 0 Å². The molecule has 0 aromatic carbocycles. The third-order valence-corrected chi connectivity index (χ3v) is 2.85. The van der Waals surface area contributed by atoms with E-state index in [0.29, 0.717) is 0 Å². The lowest BCUT2D eigenvalue weighted by molar-refractivity contribution is -0.137. The Kier molecular flexibility index (Phi) is 2.44.